The molecule has 0 radical (unpaired) electrons. The number of carbonyl (C=O) groups excluding carboxylic acids is 2. The Morgan fingerprint density at radius 2 is 1.86 bits per heavy atom. The maximum atomic E-state index is 13.8. The number of hydrogen-bond donors (Lipinski definition) is 1. The van der Waals surface area contributed by atoms with Gasteiger partial charge < -0.3 is 14.5 Å². The van der Waals surface area contributed by atoms with Gasteiger partial charge in [-0.25, -0.2) is 9.18 Å². The third-order valence-corrected chi connectivity index (χ3v) is 7.17. The van der Waals surface area contributed by atoms with Crippen molar-refractivity contribution in [2.24, 2.45) is 0 Å². The maximum absolute atomic E-state index is 13.8. The van der Waals surface area contributed by atoms with E-state index in [0.29, 0.717) is 28.3 Å². The standard InChI is InChI=1S/C28H26FN3O4S/c1-28(2,3)36-27(34)32-24(16-37-26(32)17-5-4-12-30-14-17)25(33)22-15-31-23-13-20(10-11-21(22)23)35-19-8-6-18(29)7-9-19/h4-15,24,26,31H,16H2,1-3H3/t24-,26?/m0/s1. The molecule has 1 amide bonds. The quantitative estimate of drug-likeness (QED) is 0.294. The fraction of sp³-hybridized carbons (Fsp3) is 0.250. The van der Waals surface area contributed by atoms with Gasteiger partial charge in [-0.3, -0.25) is 14.7 Å². The molecule has 0 aliphatic carbocycles. The Balaban J connectivity index is 1.43. The molecule has 1 fully saturated rings. The summed E-state index contributed by atoms with van der Waals surface area (Å²) in [5, 5.41) is 0.328. The Hall–Kier alpha value is -3.85. The smallest absolute Gasteiger partial charge is 0.412 e. The molecule has 0 bridgehead atoms. The van der Waals surface area contributed by atoms with E-state index in [2.05, 4.69) is 9.97 Å². The molecule has 190 valence electrons. The molecule has 1 aliphatic heterocycles. The highest BCUT2D eigenvalue weighted by molar-refractivity contribution is 7.99. The van der Waals surface area contributed by atoms with E-state index in [9.17, 15) is 14.0 Å². The van der Waals surface area contributed by atoms with Gasteiger partial charge in [0, 0.05) is 52.4 Å². The summed E-state index contributed by atoms with van der Waals surface area (Å²) in [6.45, 7) is 5.40. The number of aromatic amines is 1. The monoisotopic (exact) mass is 519 g/mol. The molecule has 9 heteroatoms. The van der Waals surface area contributed by atoms with Crippen molar-refractivity contribution in [2.45, 2.75) is 37.8 Å². The number of halogens is 1. The number of H-pyrrole nitrogens is 1. The zero-order valence-electron chi connectivity index (χ0n) is 20.6. The summed E-state index contributed by atoms with van der Waals surface area (Å²) in [5.41, 5.74) is 1.31. The van der Waals surface area contributed by atoms with Crippen LogP contribution in [0.25, 0.3) is 10.9 Å². The van der Waals surface area contributed by atoms with Crippen LogP contribution in [0, 0.1) is 5.82 Å². The van der Waals surface area contributed by atoms with Crippen molar-refractivity contribution in [1.29, 1.82) is 0 Å². The number of nitrogens with one attached hydrogen (secondary N) is 1. The number of aromatic nitrogens is 2. The first-order valence-corrected chi connectivity index (χ1v) is 12.9. The van der Waals surface area contributed by atoms with Gasteiger partial charge >= 0.3 is 6.09 Å². The zero-order valence-corrected chi connectivity index (χ0v) is 21.4. The average molecular weight is 520 g/mol. The number of nitrogens with zero attached hydrogens (tertiary/aromatic N) is 2. The van der Waals surface area contributed by atoms with Gasteiger partial charge in [0.1, 0.15) is 34.3 Å². The lowest BCUT2D eigenvalue weighted by Gasteiger charge is -2.31. The van der Waals surface area contributed by atoms with Crippen molar-refractivity contribution in [3.8, 4) is 11.5 Å². The van der Waals surface area contributed by atoms with Crippen LogP contribution in [0.4, 0.5) is 9.18 Å². The first-order valence-electron chi connectivity index (χ1n) is 11.8. The van der Waals surface area contributed by atoms with Crippen LogP contribution in [-0.4, -0.2) is 44.1 Å². The summed E-state index contributed by atoms with van der Waals surface area (Å²) in [5.74, 6) is 0.954. The second-order valence-electron chi connectivity index (χ2n) is 9.71. The molecular formula is C28H26FN3O4S. The topological polar surface area (TPSA) is 84.5 Å². The highest BCUT2D eigenvalue weighted by Crippen LogP contribution is 2.43. The summed E-state index contributed by atoms with van der Waals surface area (Å²) in [6, 6.07) is 14.1. The highest BCUT2D eigenvalue weighted by Gasteiger charge is 2.44. The summed E-state index contributed by atoms with van der Waals surface area (Å²) in [4.78, 5) is 36.0. The summed E-state index contributed by atoms with van der Waals surface area (Å²) < 4.78 is 24.7. The van der Waals surface area contributed by atoms with Crippen LogP contribution < -0.4 is 4.74 Å². The maximum Gasteiger partial charge on any atom is 0.412 e. The first kappa shape index (κ1) is 24.8. The molecule has 2 aromatic carbocycles. The van der Waals surface area contributed by atoms with Crippen LogP contribution in [0.2, 0.25) is 0 Å². The summed E-state index contributed by atoms with van der Waals surface area (Å²) in [7, 11) is 0. The molecule has 37 heavy (non-hydrogen) atoms. The fourth-order valence-electron chi connectivity index (χ4n) is 4.22. The molecular weight excluding hydrogens is 493 g/mol. The third-order valence-electron chi connectivity index (χ3n) is 5.84. The molecule has 4 aromatic rings. The van der Waals surface area contributed by atoms with Crippen molar-refractivity contribution in [3.05, 3.63) is 90.1 Å². The second kappa shape index (κ2) is 9.89. The van der Waals surface area contributed by atoms with Crippen LogP contribution in [0.1, 0.15) is 42.1 Å². The predicted octanol–water partition coefficient (Wildman–Crippen LogP) is 6.73. The molecule has 3 heterocycles. The van der Waals surface area contributed by atoms with Gasteiger partial charge in [0.2, 0.25) is 0 Å². The van der Waals surface area contributed by atoms with Crippen molar-refractivity contribution < 1.29 is 23.5 Å². The second-order valence-corrected chi connectivity index (χ2v) is 10.8. The Labute approximate surface area is 218 Å². The van der Waals surface area contributed by atoms with Gasteiger partial charge in [0.15, 0.2) is 5.78 Å². The van der Waals surface area contributed by atoms with E-state index >= 15 is 0 Å². The molecule has 0 saturated carbocycles. The van der Waals surface area contributed by atoms with E-state index in [1.54, 1.807) is 69.7 Å². The van der Waals surface area contributed by atoms with E-state index in [0.717, 1.165) is 10.9 Å². The molecule has 0 spiro atoms. The normalized spacial score (nSPS) is 17.7. The molecule has 1 N–H and O–H groups in total. The first-order chi connectivity index (χ1) is 17.7. The lowest BCUT2D eigenvalue weighted by molar-refractivity contribution is 0.0173. The van der Waals surface area contributed by atoms with Crippen molar-refractivity contribution in [2.75, 3.05) is 5.75 Å². The molecule has 1 unspecified atom stereocenters. The zero-order chi connectivity index (χ0) is 26.2. The number of ketones is 1. The minimum atomic E-state index is -0.709. The number of pyridine rings is 1. The minimum Gasteiger partial charge on any atom is -0.457 e. The Bertz CT molecular complexity index is 1430. The molecule has 2 aromatic heterocycles. The van der Waals surface area contributed by atoms with Crippen molar-refractivity contribution in [1.82, 2.24) is 14.9 Å². The number of carbonyl (C=O) groups is 2. The minimum absolute atomic E-state index is 0.178. The molecule has 1 saturated heterocycles. The van der Waals surface area contributed by atoms with Crippen molar-refractivity contribution >= 4 is 34.5 Å². The van der Waals surface area contributed by atoms with Gasteiger partial charge in [-0.2, -0.15) is 0 Å². The number of amides is 1. The summed E-state index contributed by atoms with van der Waals surface area (Å²) in [6.07, 6.45) is 4.49. The van der Waals surface area contributed by atoms with Gasteiger partial charge in [-0.1, -0.05) is 6.07 Å². The van der Waals surface area contributed by atoms with Crippen LogP contribution in [0.3, 0.4) is 0 Å². The summed E-state index contributed by atoms with van der Waals surface area (Å²) >= 11 is 1.51. The van der Waals surface area contributed by atoms with Gasteiger partial charge in [-0.15, -0.1) is 11.8 Å². The lowest BCUT2D eigenvalue weighted by atomic mass is 10.0. The number of Topliss-reactive ketones (excluding diaryl/α,β-unsaturated/α-hetero) is 1. The van der Waals surface area contributed by atoms with Crippen LogP contribution >= 0.6 is 11.8 Å². The highest BCUT2D eigenvalue weighted by atomic mass is 32.2. The van der Waals surface area contributed by atoms with Gasteiger partial charge in [0.05, 0.1) is 0 Å². The number of rotatable bonds is 5. The van der Waals surface area contributed by atoms with Gasteiger partial charge in [-0.05, 0) is 63.2 Å². The Morgan fingerprint density at radius 1 is 1.11 bits per heavy atom. The van der Waals surface area contributed by atoms with Crippen LogP contribution in [0.15, 0.2) is 73.2 Å². The van der Waals surface area contributed by atoms with E-state index in [1.807, 2.05) is 12.1 Å². The predicted molar refractivity (Wildman–Crippen MR) is 140 cm³/mol. The molecule has 7 nitrogen and oxygen atoms in total. The molecule has 2 atom stereocenters. The third kappa shape index (κ3) is 5.32. The molecule has 1 aliphatic rings. The van der Waals surface area contributed by atoms with Crippen LogP contribution in [0.5, 0.6) is 11.5 Å². The van der Waals surface area contributed by atoms with Crippen molar-refractivity contribution in [3.63, 3.8) is 0 Å². The Kier molecular flexibility index (Phi) is 6.64. The Morgan fingerprint density at radius 3 is 2.57 bits per heavy atom. The number of thioether (sulfide) groups is 1. The van der Waals surface area contributed by atoms with Gasteiger partial charge in [0.25, 0.3) is 0 Å². The lowest BCUT2D eigenvalue weighted by Crippen LogP contribution is -2.45. The fourth-order valence-corrected chi connectivity index (χ4v) is 5.62. The number of benzene rings is 2. The van der Waals surface area contributed by atoms with E-state index < -0.39 is 23.1 Å². The van der Waals surface area contributed by atoms with E-state index in [1.165, 1.54) is 28.8 Å². The average Bonchev–Trinajstić information content (AvgIpc) is 3.49. The number of fused-ring (bicyclic) bond motifs is 1. The van der Waals surface area contributed by atoms with Crippen LogP contribution in [-0.2, 0) is 4.74 Å². The number of ether oxygens (including phenoxy) is 2. The van der Waals surface area contributed by atoms with E-state index in [4.69, 9.17) is 9.47 Å². The molecule has 5 rings (SSSR count). The SMILES string of the molecule is CC(C)(C)OC(=O)N1C(c2cccnc2)SC[C@H]1C(=O)c1c[nH]c2cc(Oc3ccc(F)cc3)ccc12. The van der Waals surface area contributed by atoms with E-state index in [-0.39, 0.29) is 11.6 Å². The number of hydrogen-bond acceptors (Lipinski definition) is 6. The largest absolute Gasteiger partial charge is 0.457 e.